The van der Waals surface area contributed by atoms with E-state index in [0.717, 1.165) is 11.1 Å². The first-order valence-corrected chi connectivity index (χ1v) is 5.84. The second kappa shape index (κ2) is 5.65. The van der Waals surface area contributed by atoms with Gasteiger partial charge in [0.15, 0.2) is 0 Å². The molecule has 0 bridgehead atoms. The number of aromatic nitrogens is 1. The van der Waals surface area contributed by atoms with Crippen LogP contribution in [0.25, 0.3) is 0 Å². The summed E-state index contributed by atoms with van der Waals surface area (Å²) >= 11 is 6.05. The van der Waals surface area contributed by atoms with Crippen LogP contribution in [-0.4, -0.2) is 18.1 Å². The smallest absolute Gasteiger partial charge is 0.339 e. The highest BCUT2D eigenvalue weighted by molar-refractivity contribution is 6.33. The van der Waals surface area contributed by atoms with Gasteiger partial charge in [0.2, 0.25) is 0 Å². The van der Waals surface area contributed by atoms with Gasteiger partial charge in [-0.2, -0.15) is 0 Å². The fraction of sp³-hybridized carbons (Fsp3) is 0.143. The molecule has 0 aliphatic rings. The molecule has 3 nitrogen and oxygen atoms in total. The molecule has 0 aliphatic carbocycles. The zero-order chi connectivity index (χ0) is 13.0. The third-order valence-electron chi connectivity index (χ3n) is 2.61. The lowest BCUT2D eigenvalue weighted by atomic mass is 10.0. The third-order valence-corrected chi connectivity index (χ3v) is 2.92. The number of hydrogen-bond donors (Lipinski definition) is 0. The number of pyridine rings is 1. The van der Waals surface area contributed by atoms with Crippen LogP contribution in [0.3, 0.4) is 0 Å². The van der Waals surface area contributed by atoms with E-state index in [-0.39, 0.29) is 0 Å². The van der Waals surface area contributed by atoms with E-state index < -0.39 is 5.97 Å². The molecule has 2 rings (SSSR count). The van der Waals surface area contributed by atoms with Crippen LogP contribution < -0.4 is 0 Å². The van der Waals surface area contributed by atoms with Gasteiger partial charge >= 0.3 is 5.97 Å². The molecule has 0 saturated heterocycles. The van der Waals surface area contributed by atoms with Gasteiger partial charge in [0.25, 0.3) is 0 Å². The van der Waals surface area contributed by atoms with Crippen LogP contribution in [0.1, 0.15) is 21.5 Å². The molecule has 92 valence electrons. The number of methoxy groups -OCH3 is 1. The Hall–Kier alpha value is -1.87. The van der Waals surface area contributed by atoms with Crippen molar-refractivity contribution in [2.24, 2.45) is 0 Å². The second-order valence-corrected chi connectivity index (χ2v) is 4.21. The van der Waals surface area contributed by atoms with Crippen molar-refractivity contribution < 1.29 is 9.53 Å². The molecule has 1 heterocycles. The quantitative estimate of drug-likeness (QED) is 0.797. The lowest BCUT2D eigenvalue weighted by Gasteiger charge is -2.09. The van der Waals surface area contributed by atoms with Crippen LogP contribution in [0.15, 0.2) is 42.7 Å². The van der Waals surface area contributed by atoms with Crippen molar-refractivity contribution >= 4 is 17.6 Å². The van der Waals surface area contributed by atoms with E-state index in [1.807, 2.05) is 24.3 Å². The SMILES string of the molecule is COC(=O)c1c(Cl)cccc1Cc1cccnc1. The maximum Gasteiger partial charge on any atom is 0.339 e. The van der Waals surface area contributed by atoms with E-state index in [0.29, 0.717) is 17.0 Å². The number of halogens is 1. The summed E-state index contributed by atoms with van der Waals surface area (Å²) in [5, 5.41) is 0.406. The molecule has 0 atom stereocenters. The van der Waals surface area contributed by atoms with Crippen molar-refractivity contribution in [1.29, 1.82) is 0 Å². The highest BCUT2D eigenvalue weighted by Gasteiger charge is 2.15. The fourth-order valence-electron chi connectivity index (χ4n) is 1.77. The first kappa shape index (κ1) is 12.6. The maximum absolute atomic E-state index is 11.7. The van der Waals surface area contributed by atoms with Gasteiger partial charge in [-0.3, -0.25) is 4.98 Å². The number of benzene rings is 1. The summed E-state index contributed by atoms with van der Waals surface area (Å²) in [5.74, 6) is -0.417. The standard InChI is InChI=1S/C14H12ClNO2/c1-18-14(17)13-11(5-2-6-12(13)15)8-10-4-3-7-16-9-10/h2-7,9H,8H2,1H3. The zero-order valence-electron chi connectivity index (χ0n) is 9.89. The normalized spacial score (nSPS) is 10.1. The molecular weight excluding hydrogens is 250 g/mol. The Morgan fingerprint density at radius 3 is 2.83 bits per heavy atom. The summed E-state index contributed by atoms with van der Waals surface area (Å²) in [6, 6.07) is 9.18. The van der Waals surface area contributed by atoms with Crippen molar-refractivity contribution in [2.75, 3.05) is 7.11 Å². The van der Waals surface area contributed by atoms with Crippen molar-refractivity contribution in [2.45, 2.75) is 6.42 Å². The average molecular weight is 262 g/mol. The molecule has 18 heavy (non-hydrogen) atoms. The number of carbonyl (C=O) groups excluding carboxylic acids is 1. The lowest BCUT2D eigenvalue weighted by Crippen LogP contribution is -2.07. The number of esters is 1. The number of rotatable bonds is 3. The van der Waals surface area contributed by atoms with E-state index in [9.17, 15) is 4.79 Å². The van der Waals surface area contributed by atoms with Crippen molar-refractivity contribution in [3.63, 3.8) is 0 Å². The van der Waals surface area contributed by atoms with E-state index >= 15 is 0 Å². The fourth-order valence-corrected chi connectivity index (χ4v) is 2.04. The Balaban J connectivity index is 2.39. The molecular formula is C14H12ClNO2. The minimum atomic E-state index is -0.417. The zero-order valence-corrected chi connectivity index (χ0v) is 10.6. The highest BCUT2D eigenvalue weighted by Crippen LogP contribution is 2.23. The Morgan fingerprint density at radius 2 is 2.17 bits per heavy atom. The second-order valence-electron chi connectivity index (χ2n) is 3.80. The van der Waals surface area contributed by atoms with Crippen molar-refractivity contribution in [3.05, 3.63) is 64.4 Å². The molecule has 0 saturated carbocycles. The largest absolute Gasteiger partial charge is 0.465 e. The molecule has 0 amide bonds. The first-order valence-electron chi connectivity index (χ1n) is 5.47. The number of ether oxygens (including phenoxy) is 1. The number of hydrogen-bond acceptors (Lipinski definition) is 3. The summed E-state index contributed by atoms with van der Waals surface area (Å²) in [7, 11) is 1.35. The van der Waals surface area contributed by atoms with Gasteiger partial charge in [0, 0.05) is 12.4 Å². The van der Waals surface area contributed by atoms with Gasteiger partial charge in [-0.1, -0.05) is 29.8 Å². The maximum atomic E-state index is 11.7. The molecule has 1 aromatic carbocycles. The van der Waals surface area contributed by atoms with E-state index in [2.05, 4.69) is 4.98 Å². The molecule has 1 aromatic heterocycles. The minimum absolute atomic E-state index is 0.406. The van der Waals surface area contributed by atoms with Crippen LogP contribution in [0.4, 0.5) is 0 Å². The Labute approximate surface area is 110 Å². The van der Waals surface area contributed by atoms with Gasteiger partial charge in [-0.05, 0) is 29.7 Å². The summed E-state index contributed by atoms with van der Waals surface area (Å²) < 4.78 is 4.76. The summed E-state index contributed by atoms with van der Waals surface area (Å²) in [6.07, 6.45) is 4.07. The van der Waals surface area contributed by atoms with E-state index in [1.54, 1.807) is 18.5 Å². The predicted octanol–water partition coefficient (Wildman–Crippen LogP) is 3.11. The minimum Gasteiger partial charge on any atom is -0.465 e. The summed E-state index contributed by atoms with van der Waals surface area (Å²) in [4.78, 5) is 15.8. The highest BCUT2D eigenvalue weighted by atomic mass is 35.5. The van der Waals surface area contributed by atoms with Crippen LogP contribution >= 0.6 is 11.6 Å². The van der Waals surface area contributed by atoms with Crippen LogP contribution in [0, 0.1) is 0 Å². The monoisotopic (exact) mass is 261 g/mol. The van der Waals surface area contributed by atoms with Gasteiger partial charge in [0.1, 0.15) is 0 Å². The van der Waals surface area contributed by atoms with Crippen molar-refractivity contribution in [3.8, 4) is 0 Å². The Bertz CT molecular complexity index is 555. The first-order chi connectivity index (χ1) is 8.72. The number of carbonyl (C=O) groups is 1. The predicted molar refractivity (Wildman–Crippen MR) is 69.8 cm³/mol. The molecule has 2 aromatic rings. The van der Waals surface area contributed by atoms with Gasteiger partial charge < -0.3 is 4.74 Å². The Morgan fingerprint density at radius 1 is 1.33 bits per heavy atom. The van der Waals surface area contributed by atoms with Gasteiger partial charge in [-0.25, -0.2) is 4.79 Å². The van der Waals surface area contributed by atoms with Gasteiger partial charge in [0.05, 0.1) is 17.7 Å². The molecule has 0 radical (unpaired) electrons. The van der Waals surface area contributed by atoms with Crippen LogP contribution in [0.5, 0.6) is 0 Å². The third kappa shape index (κ3) is 2.68. The summed E-state index contributed by atoms with van der Waals surface area (Å²) in [6.45, 7) is 0. The topological polar surface area (TPSA) is 39.2 Å². The molecule has 0 spiro atoms. The number of nitrogens with zero attached hydrogens (tertiary/aromatic N) is 1. The summed E-state index contributed by atoms with van der Waals surface area (Å²) in [5.41, 5.74) is 2.28. The Kier molecular flexibility index (Phi) is 3.95. The van der Waals surface area contributed by atoms with E-state index in [4.69, 9.17) is 16.3 Å². The molecule has 0 aliphatic heterocycles. The van der Waals surface area contributed by atoms with E-state index in [1.165, 1.54) is 7.11 Å². The van der Waals surface area contributed by atoms with Crippen molar-refractivity contribution in [1.82, 2.24) is 4.98 Å². The van der Waals surface area contributed by atoms with Gasteiger partial charge in [-0.15, -0.1) is 0 Å². The lowest BCUT2D eigenvalue weighted by molar-refractivity contribution is 0.0600. The van der Waals surface area contributed by atoms with Crippen LogP contribution in [-0.2, 0) is 11.2 Å². The molecule has 0 unspecified atom stereocenters. The van der Waals surface area contributed by atoms with Crippen LogP contribution in [0.2, 0.25) is 5.02 Å². The molecule has 4 heteroatoms. The average Bonchev–Trinajstić information content (AvgIpc) is 2.39. The molecule has 0 N–H and O–H groups in total. The molecule has 0 fully saturated rings.